The number of hydrogen-bond donors (Lipinski definition) is 1. The molecule has 0 bridgehead atoms. The molecule has 0 aliphatic carbocycles. The van der Waals surface area contributed by atoms with Crippen LogP contribution in [-0.4, -0.2) is 18.4 Å². The van der Waals surface area contributed by atoms with E-state index in [1.807, 2.05) is 25.1 Å². The van der Waals surface area contributed by atoms with Gasteiger partial charge in [-0.2, -0.15) is 0 Å². The second-order valence-electron chi connectivity index (χ2n) is 4.36. The predicted molar refractivity (Wildman–Crippen MR) is 70.9 cm³/mol. The lowest BCUT2D eigenvalue weighted by atomic mass is 10.2. The van der Waals surface area contributed by atoms with Crippen LogP contribution in [-0.2, 0) is 4.79 Å². The second kappa shape index (κ2) is 6.50. The maximum atomic E-state index is 11.2. The molecule has 1 aromatic carbocycles. The van der Waals surface area contributed by atoms with Crippen LogP contribution in [0.3, 0.4) is 0 Å². The summed E-state index contributed by atoms with van der Waals surface area (Å²) in [7, 11) is 0. The number of hydrogen-bond acceptors (Lipinski definition) is 2. The van der Waals surface area contributed by atoms with E-state index >= 15 is 0 Å². The van der Waals surface area contributed by atoms with Gasteiger partial charge in [-0.3, -0.25) is 4.79 Å². The van der Waals surface area contributed by atoms with Crippen molar-refractivity contribution in [2.45, 2.75) is 20.8 Å². The fourth-order valence-electron chi connectivity index (χ4n) is 1.31. The van der Waals surface area contributed by atoms with Gasteiger partial charge in [0.2, 0.25) is 5.91 Å². The Morgan fingerprint density at radius 3 is 2.71 bits per heavy atom. The quantitative estimate of drug-likeness (QED) is 0.821. The van der Waals surface area contributed by atoms with Gasteiger partial charge in [0, 0.05) is 5.69 Å². The number of anilines is 1. The highest BCUT2D eigenvalue weighted by molar-refractivity contribution is 6.29. The van der Waals surface area contributed by atoms with Crippen LogP contribution in [0.25, 0.3) is 0 Å². The highest BCUT2D eigenvalue weighted by Gasteiger charge is 2.05. The van der Waals surface area contributed by atoms with Gasteiger partial charge in [0.15, 0.2) is 0 Å². The van der Waals surface area contributed by atoms with Crippen LogP contribution >= 0.6 is 11.6 Å². The minimum atomic E-state index is -0.203. The number of rotatable bonds is 5. The molecule has 0 saturated carbocycles. The monoisotopic (exact) mass is 255 g/mol. The number of nitrogens with one attached hydrogen (secondary N) is 1. The first-order valence-electron chi connectivity index (χ1n) is 5.62. The molecule has 0 spiro atoms. The zero-order chi connectivity index (χ0) is 12.8. The zero-order valence-corrected chi connectivity index (χ0v) is 11.2. The molecule has 0 radical (unpaired) electrons. The van der Waals surface area contributed by atoms with E-state index in [4.69, 9.17) is 16.3 Å². The molecule has 0 atom stereocenters. The average molecular weight is 256 g/mol. The van der Waals surface area contributed by atoms with Gasteiger partial charge in [0.05, 0.1) is 6.61 Å². The van der Waals surface area contributed by atoms with E-state index in [9.17, 15) is 4.79 Å². The third kappa shape index (κ3) is 4.65. The molecule has 0 fully saturated rings. The number of halogens is 1. The normalized spacial score (nSPS) is 10.4. The van der Waals surface area contributed by atoms with E-state index in [0.717, 1.165) is 17.0 Å². The molecule has 3 nitrogen and oxygen atoms in total. The third-order valence-corrected chi connectivity index (χ3v) is 2.42. The molecule has 4 heteroatoms. The smallest absolute Gasteiger partial charge is 0.239 e. The second-order valence-corrected chi connectivity index (χ2v) is 4.63. The van der Waals surface area contributed by atoms with Crippen LogP contribution in [0.4, 0.5) is 5.69 Å². The largest absolute Gasteiger partial charge is 0.493 e. The van der Waals surface area contributed by atoms with E-state index in [1.54, 1.807) is 0 Å². The summed E-state index contributed by atoms with van der Waals surface area (Å²) in [4.78, 5) is 11.2. The number of amides is 1. The Balaban J connectivity index is 2.69. The Labute approximate surface area is 107 Å². The molecule has 0 unspecified atom stereocenters. The van der Waals surface area contributed by atoms with Crippen molar-refractivity contribution in [1.82, 2.24) is 0 Å². The van der Waals surface area contributed by atoms with Crippen molar-refractivity contribution in [1.29, 1.82) is 0 Å². The maximum Gasteiger partial charge on any atom is 0.239 e. The molecule has 0 aliphatic rings. The Kier molecular flexibility index (Phi) is 5.29. The van der Waals surface area contributed by atoms with Crippen molar-refractivity contribution in [3.05, 3.63) is 23.8 Å². The zero-order valence-electron chi connectivity index (χ0n) is 10.4. The summed E-state index contributed by atoms with van der Waals surface area (Å²) >= 11 is 5.43. The van der Waals surface area contributed by atoms with Crippen LogP contribution in [0.1, 0.15) is 19.4 Å². The van der Waals surface area contributed by atoms with Gasteiger partial charge in [-0.25, -0.2) is 0 Å². The molecule has 0 aliphatic heterocycles. The first kappa shape index (κ1) is 13.8. The standard InChI is InChI=1S/C13H18ClNO2/c1-9(2)8-17-11-4-5-12(10(3)6-11)15-13(16)7-14/h4-6,9H,7-8H2,1-3H3,(H,15,16). The molecular weight excluding hydrogens is 238 g/mol. The fourth-order valence-corrected chi connectivity index (χ4v) is 1.38. The lowest BCUT2D eigenvalue weighted by Crippen LogP contribution is -2.13. The van der Waals surface area contributed by atoms with E-state index in [1.165, 1.54) is 0 Å². The lowest BCUT2D eigenvalue weighted by Gasteiger charge is -2.12. The van der Waals surface area contributed by atoms with Crippen LogP contribution in [0.5, 0.6) is 5.75 Å². The van der Waals surface area contributed by atoms with Crippen LogP contribution in [0.15, 0.2) is 18.2 Å². The van der Waals surface area contributed by atoms with Gasteiger partial charge in [-0.15, -0.1) is 11.6 Å². The average Bonchev–Trinajstić information content (AvgIpc) is 2.29. The Bertz CT molecular complexity index is 391. The number of alkyl halides is 1. The summed E-state index contributed by atoms with van der Waals surface area (Å²) < 4.78 is 5.60. The van der Waals surface area contributed by atoms with Crippen LogP contribution in [0, 0.1) is 12.8 Å². The van der Waals surface area contributed by atoms with Crippen LogP contribution < -0.4 is 10.1 Å². The molecular formula is C13H18ClNO2. The summed E-state index contributed by atoms with van der Waals surface area (Å²) in [6.07, 6.45) is 0. The molecule has 0 aromatic heterocycles. The van der Waals surface area contributed by atoms with E-state index in [2.05, 4.69) is 19.2 Å². The van der Waals surface area contributed by atoms with E-state index in [-0.39, 0.29) is 11.8 Å². The number of carbonyl (C=O) groups is 1. The van der Waals surface area contributed by atoms with Crippen LogP contribution in [0.2, 0.25) is 0 Å². The molecule has 94 valence electrons. The van der Waals surface area contributed by atoms with E-state index in [0.29, 0.717) is 12.5 Å². The summed E-state index contributed by atoms with van der Waals surface area (Å²) in [5.41, 5.74) is 1.73. The molecule has 1 N–H and O–H groups in total. The van der Waals surface area contributed by atoms with Gasteiger partial charge < -0.3 is 10.1 Å². The highest BCUT2D eigenvalue weighted by atomic mass is 35.5. The van der Waals surface area contributed by atoms with Gasteiger partial charge >= 0.3 is 0 Å². The Morgan fingerprint density at radius 2 is 2.18 bits per heavy atom. The van der Waals surface area contributed by atoms with Crippen molar-refractivity contribution in [2.75, 3.05) is 17.8 Å². The maximum absolute atomic E-state index is 11.2. The third-order valence-electron chi connectivity index (χ3n) is 2.18. The summed E-state index contributed by atoms with van der Waals surface area (Å²) in [6.45, 7) is 6.81. The van der Waals surface area contributed by atoms with Crippen molar-refractivity contribution in [2.24, 2.45) is 5.92 Å². The highest BCUT2D eigenvalue weighted by Crippen LogP contribution is 2.21. The van der Waals surface area contributed by atoms with Crippen molar-refractivity contribution in [3.63, 3.8) is 0 Å². The number of ether oxygens (including phenoxy) is 1. The summed E-state index contributed by atoms with van der Waals surface area (Å²) in [5, 5.41) is 2.73. The molecule has 0 saturated heterocycles. The van der Waals surface area contributed by atoms with E-state index < -0.39 is 0 Å². The minimum Gasteiger partial charge on any atom is -0.493 e. The minimum absolute atomic E-state index is 0.0367. The predicted octanol–water partition coefficient (Wildman–Crippen LogP) is 3.21. The SMILES string of the molecule is Cc1cc(OCC(C)C)ccc1NC(=O)CCl. The molecule has 1 rings (SSSR count). The lowest BCUT2D eigenvalue weighted by molar-refractivity contribution is -0.113. The van der Waals surface area contributed by atoms with Gasteiger partial charge in [0.1, 0.15) is 11.6 Å². The summed E-state index contributed by atoms with van der Waals surface area (Å²) in [5.74, 6) is 1.07. The molecule has 17 heavy (non-hydrogen) atoms. The van der Waals surface area contributed by atoms with Gasteiger partial charge in [-0.1, -0.05) is 13.8 Å². The van der Waals surface area contributed by atoms with Crippen molar-refractivity contribution < 1.29 is 9.53 Å². The number of benzene rings is 1. The number of carbonyl (C=O) groups excluding carboxylic acids is 1. The first-order chi connectivity index (χ1) is 8.02. The molecule has 1 aromatic rings. The molecule has 1 amide bonds. The van der Waals surface area contributed by atoms with Gasteiger partial charge in [0.25, 0.3) is 0 Å². The topological polar surface area (TPSA) is 38.3 Å². The summed E-state index contributed by atoms with van der Waals surface area (Å²) in [6, 6.07) is 5.58. The van der Waals surface area contributed by atoms with Crippen molar-refractivity contribution in [3.8, 4) is 5.75 Å². The Hall–Kier alpha value is -1.22. The Morgan fingerprint density at radius 1 is 1.47 bits per heavy atom. The molecule has 0 heterocycles. The fraction of sp³-hybridized carbons (Fsp3) is 0.462. The first-order valence-corrected chi connectivity index (χ1v) is 6.15. The van der Waals surface area contributed by atoms with Gasteiger partial charge in [-0.05, 0) is 36.6 Å². The van der Waals surface area contributed by atoms with Crippen molar-refractivity contribution >= 4 is 23.2 Å². The number of aryl methyl sites for hydroxylation is 1.